The molecule has 1 atom stereocenters. The summed E-state index contributed by atoms with van der Waals surface area (Å²) in [5, 5.41) is 10.3. The highest BCUT2D eigenvalue weighted by atomic mass is 79.9. The molecule has 0 aromatic heterocycles. The van der Waals surface area contributed by atoms with E-state index in [1.807, 2.05) is 53.5 Å². The fraction of sp³-hybridized carbons (Fsp3) is 0.300. The van der Waals surface area contributed by atoms with Crippen molar-refractivity contribution < 1.29 is 4.79 Å². The van der Waals surface area contributed by atoms with Crippen molar-refractivity contribution in [2.75, 3.05) is 30.4 Å². The Morgan fingerprint density at radius 3 is 2.56 bits per heavy atom. The number of halogens is 2. The highest BCUT2D eigenvalue weighted by molar-refractivity contribution is 9.10. The summed E-state index contributed by atoms with van der Waals surface area (Å²) in [5.41, 5.74) is 2.71. The molecule has 0 aliphatic carbocycles. The number of nitrogens with zero attached hydrogens (tertiary/aromatic N) is 2. The van der Waals surface area contributed by atoms with Gasteiger partial charge in [0.05, 0.1) is 5.71 Å². The molecule has 1 aliphatic heterocycles. The van der Waals surface area contributed by atoms with Crippen LogP contribution < -0.4 is 5.32 Å². The quantitative estimate of drug-likeness (QED) is 0.642. The minimum absolute atomic E-state index is 0.0788. The van der Waals surface area contributed by atoms with Gasteiger partial charge in [0.2, 0.25) is 5.91 Å². The number of anilines is 1. The van der Waals surface area contributed by atoms with Crippen LogP contribution >= 0.6 is 39.3 Å². The molecule has 1 amide bonds. The lowest BCUT2D eigenvalue weighted by Gasteiger charge is -2.25. The van der Waals surface area contributed by atoms with E-state index >= 15 is 0 Å². The Balaban J connectivity index is 1.74. The molecule has 1 heterocycles. The highest BCUT2D eigenvalue weighted by Crippen LogP contribution is 2.34. The fourth-order valence-corrected chi connectivity index (χ4v) is 4.47. The molecule has 27 heavy (non-hydrogen) atoms. The minimum atomic E-state index is -0.120. The van der Waals surface area contributed by atoms with Gasteiger partial charge in [-0.05, 0) is 48.2 Å². The number of hydrogen-bond acceptors (Lipinski definition) is 4. The van der Waals surface area contributed by atoms with E-state index in [-0.39, 0.29) is 17.9 Å². The number of carbonyl (C=O) groups excluding carboxylic acids is 1. The summed E-state index contributed by atoms with van der Waals surface area (Å²) in [7, 11) is 0. The molecule has 0 saturated heterocycles. The van der Waals surface area contributed by atoms with Crippen LogP contribution in [0.3, 0.4) is 0 Å². The predicted molar refractivity (Wildman–Crippen MR) is 119 cm³/mol. The van der Waals surface area contributed by atoms with Crippen LogP contribution in [0, 0.1) is 5.41 Å². The van der Waals surface area contributed by atoms with E-state index in [0.717, 1.165) is 27.2 Å². The summed E-state index contributed by atoms with van der Waals surface area (Å²) >= 11 is 11.2. The maximum atomic E-state index is 12.5. The highest BCUT2D eigenvalue weighted by Gasteiger charge is 2.39. The van der Waals surface area contributed by atoms with E-state index < -0.39 is 0 Å². The average molecular weight is 467 g/mol. The van der Waals surface area contributed by atoms with Gasteiger partial charge in [-0.3, -0.25) is 9.80 Å². The number of rotatable bonds is 6. The van der Waals surface area contributed by atoms with Crippen LogP contribution in [0.15, 0.2) is 58.1 Å². The normalized spacial score (nSPS) is 19.1. The third-order valence-corrected chi connectivity index (χ3v) is 6.09. The summed E-state index contributed by atoms with van der Waals surface area (Å²) in [5.74, 6) is 0.851. The topological polar surface area (TPSA) is 44.7 Å². The third-order valence-electron chi connectivity index (χ3n) is 4.38. The lowest BCUT2D eigenvalue weighted by Crippen LogP contribution is -2.36. The van der Waals surface area contributed by atoms with Crippen molar-refractivity contribution in [3.8, 4) is 0 Å². The number of hydrazone groups is 1. The van der Waals surface area contributed by atoms with Crippen molar-refractivity contribution in [2.45, 2.75) is 6.92 Å². The smallest absolute Gasteiger partial charge is 0.245 e. The molecular formula is C20H21BrClN3OS. The van der Waals surface area contributed by atoms with Crippen LogP contribution in [-0.2, 0) is 4.79 Å². The fourth-order valence-electron chi connectivity index (χ4n) is 3.21. The van der Waals surface area contributed by atoms with Crippen molar-refractivity contribution in [2.24, 2.45) is 10.5 Å². The molecule has 2 aromatic carbocycles. The molecule has 0 fully saturated rings. The largest absolute Gasteiger partial charge is 0.324 e. The summed E-state index contributed by atoms with van der Waals surface area (Å²) in [6.07, 6.45) is 2.09. The van der Waals surface area contributed by atoms with E-state index in [1.165, 1.54) is 0 Å². The minimum Gasteiger partial charge on any atom is -0.324 e. The van der Waals surface area contributed by atoms with Gasteiger partial charge in [-0.2, -0.15) is 16.9 Å². The standard InChI is InChI=1S/C20H21BrClN3OS/c1-20(13-27-2)12-25(24-19(20)14-3-7-16(22)8-4-14)11-18(26)23-17-9-5-15(21)6-10-17/h3-10H,11-13H2,1-2H3,(H,23,26). The van der Waals surface area contributed by atoms with Crippen LogP contribution in [0.4, 0.5) is 5.69 Å². The van der Waals surface area contributed by atoms with Gasteiger partial charge >= 0.3 is 0 Å². The van der Waals surface area contributed by atoms with Crippen LogP contribution in [0.25, 0.3) is 0 Å². The van der Waals surface area contributed by atoms with Crippen molar-refractivity contribution in [1.82, 2.24) is 5.01 Å². The Hall–Kier alpha value is -1.50. The number of thioether (sulfide) groups is 1. The predicted octanol–water partition coefficient (Wildman–Crippen LogP) is 5.13. The van der Waals surface area contributed by atoms with E-state index in [0.29, 0.717) is 11.6 Å². The molecule has 0 saturated carbocycles. The zero-order valence-corrected chi connectivity index (χ0v) is 18.4. The molecule has 7 heteroatoms. The summed E-state index contributed by atoms with van der Waals surface area (Å²) in [4.78, 5) is 12.5. The van der Waals surface area contributed by atoms with Crippen molar-refractivity contribution in [3.63, 3.8) is 0 Å². The first kappa shape index (κ1) is 20.2. The molecule has 0 bridgehead atoms. The Bertz CT molecular complexity index is 841. The Labute approximate surface area is 177 Å². The Morgan fingerprint density at radius 1 is 1.26 bits per heavy atom. The molecule has 4 nitrogen and oxygen atoms in total. The van der Waals surface area contributed by atoms with Gasteiger partial charge in [-0.15, -0.1) is 0 Å². The zero-order chi connectivity index (χ0) is 19.4. The summed E-state index contributed by atoms with van der Waals surface area (Å²) < 4.78 is 0.977. The zero-order valence-electron chi connectivity index (χ0n) is 15.2. The van der Waals surface area contributed by atoms with Gasteiger partial charge in [0.1, 0.15) is 6.54 Å². The van der Waals surface area contributed by atoms with Gasteiger partial charge in [0.15, 0.2) is 0 Å². The summed E-state index contributed by atoms with van der Waals surface area (Å²) in [6, 6.07) is 15.3. The molecule has 3 rings (SSSR count). The van der Waals surface area contributed by atoms with E-state index in [4.69, 9.17) is 16.7 Å². The van der Waals surface area contributed by atoms with Gasteiger partial charge in [0, 0.05) is 32.9 Å². The average Bonchev–Trinajstić information content (AvgIpc) is 2.94. The maximum Gasteiger partial charge on any atom is 0.245 e. The lowest BCUT2D eigenvalue weighted by molar-refractivity contribution is -0.117. The molecule has 2 aromatic rings. The van der Waals surface area contributed by atoms with Crippen LogP contribution in [0.5, 0.6) is 0 Å². The van der Waals surface area contributed by atoms with E-state index in [2.05, 4.69) is 34.4 Å². The molecular weight excluding hydrogens is 446 g/mol. The van der Waals surface area contributed by atoms with Gasteiger partial charge in [-0.25, -0.2) is 0 Å². The number of nitrogens with one attached hydrogen (secondary N) is 1. The van der Waals surface area contributed by atoms with Gasteiger partial charge in [-0.1, -0.05) is 46.6 Å². The first-order chi connectivity index (χ1) is 12.9. The van der Waals surface area contributed by atoms with E-state index in [9.17, 15) is 4.79 Å². The Kier molecular flexibility index (Phi) is 6.50. The van der Waals surface area contributed by atoms with Crippen LogP contribution in [0.2, 0.25) is 5.02 Å². The maximum absolute atomic E-state index is 12.5. The second kappa shape index (κ2) is 8.67. The van der Waals surface area contributed by atoms with Crippen molar-refractivity contribution in [3.05, 3.63) is 63.6 Å². The molecule has 0 radical (unpaired) electrons. The molecule has 1 N–H and O–H groups in total. The number of amides is 1. The van der Waals surface area contributed by atoms with Gasteiger partial charge < -0.3 is 5.32 Å². The number of benzene rings is 2. The second-order valence-corrected chi connectivity index (χ2v) is 9.05. The first-order valence-electron chi connectivity index (χ1n) is 8.54. The number of hydrogen-bond donors (Lipinski definition) is 1. The van der Waals surface area contributed by atoms with E-state index in [1.54, 1.807) is 11.8 Å². The monoisotopic (exact) mass is 465 g/mol. The SMILES string of the molecule is CSCC1(C)CN(CC(=O)Nc2ccc(Br)cc2)N=C1c1ccc(Cl)cc1. The second-order valence-electron chi connectivity index (χ2n) is 6.83. The number of carbonyl (C=O) groups is 1. The lowest BCUT2D eigenvalue weighted by atomic mass is 9.84. The first-order valence-corrected chi connectivity index (χ1v) is 11.1. The molecule has 0 spiro atoms. The van der Waals surface area contributed by atoms with Crippen molar-refractivity contribution >= 4 is 56.6 Å². The molecule has 1 unspecified atom stereocenters. The van der Waals surface area contributed by atoms with Gasteiger partial charge in [0.25, 0.3) is 0 Å². The Morgan fingerprint density at radius 2 is 1.93 bits per heavy atom. The molecule has 1 aliphatic rings. The molecule has 142 valence electrons. The van der Waals surface area contributed by atoms with Crippen LogP contribution in [-0.4, -0.2) is 41.7 Å². The third kappa shape index (κ3) is 5.06. The van der Waals surface area contributed by atoms with Crippen molar-refractivity contribution in [1.29, 1.82) is 0 Å². The van der Waals surface area contributed by atoms with Crippen LogP contribution in [0.1, 0.15) is 12.5 Å². The summed E-state index contributed by atoms with van der Waals surface area (Å²) in [6.45, 7) is 3.13.